The zero-order valence-corrected chi connectivity index (χ0v) is 16.2. The maximum absolute atomic E-state index is 13.3. The van der Waals surface area contributed by atoms with Crippen LogP contribution in [0.1, 0.15) is 81.4 Å². The number of nitrogens with zero attached hydrogens (tertiary/aromatic N) is 4. The summed E-state index contributed by atoms with van der Waals surface area (Å²) in [6.07, 6.45) is 7.19. The number of hydrogen-bond acceptors (Lipinski definition) is 3. The number of likely N-dealkylation sites (tertiary alicyclic amines) is 2. The maximum Gasteiger partial charge on any atom is 0.274 e. The van der Waals surface area contributed by atoms with E-state index in [9.17, 15) is 4.79 Å². The fraction of sp³-hybridized carbons (Fsp3) is 0.800. The van der Waals surface area contributed by atoms with Crippen LogP contribution in [0.4, 0.5) is 0 Å². The van der Waals surface area contributed by atoms with Gasteiger partial charge in [-0.25, -0.2) is 0 Å². The predicted molar refractivity (Wildman–Crippen MR) is 98.9 cm³/mol. The highest BCUT2D eigenvalue weighted by molar-refractivity contribution is 5.93. The van der Waals surface area contributed by atoms with Gasteiger partial charge in [-0.1, -0.05) is 0 Å². The van der Waals surface area contributed by atoms with E-state index in [4.69, 9.17) is 5.10 Å². The Hall–Kier alpha value is -1.36. The first-order valence-electron chi connectivity index (χ1n) is 9.98. The molecule has 1 saturated carbocycles. The van der Waals surface area contributed by atoms with Crippen LogP contribution < -0.4 is 0 Å². The van der Waals surface area contributed by atoms with Crippen molar-refractivity contribution in [3.05, 3.63) is 17.5 Å². The van der Waals surface area contributed by atoms with Gasteiger partial charge in [0.2, 0.25) is 0 Å². The fourth-order valence-corrected chi connectivity index (χ4v) is 4.72. The quantitative estimate of drug-likeness (QED) is 0.845. The lowest BCUT2D eigenvalue weighted by Crippen LogP contribution is -2.47. The minimum Gasteiger partial charge on any atom is -0.333 e. The number of carbonyl (C=O) groups excluding carboxylic acids is 1. The van der Waals surface area contributed by atoms with E-state index in [0.717, 1.165) is 25.9 Å². The number of amides is 1. The molecule has 0 unspecified atom stereocenters. The summed E-state index contributed by atoms with van der Waals surface area (Å²) in [5, 5.41) is 4.78. The molecule has 2 aliphatic heterocycles. The van der Waals surface area contributed by atoms with E-state index in [2.05, 4.69) is 48.4 Å². The molecule has 1 aromatic rings. The Morgan fingerprint density at radius 2 is 1.76 bits per heavy atom. The van der Waals surface area contributed by atoms with Gasteiger partial charge in [-0.05, 0) is 79.0 Å². The van der Waals surface area contributed by atoms with Gasteiger partial charge in [0.15, 0.2) is 5.69 Å². The topological polar surface area (TPSA) is 41.4 Å². The second-order valence-corrected chi connectivity index (χ2v) is 9.21. The highest BCUT2D eigenvalue weighted by Crippen LogP contribution is 2.42. The Bertz CT molecular complexity index is 655. The van der Waals surface area contributed by atoms with Gasteiger partial charge in [0.1, 0.15) is 0 Å². The van der Waals surface area contributed by atoms with Crippen molar-refractivity contribution in [3.8, 4) is 0 Å². The highest BCUT2D eigenvalue weighted by atomic mass is 16.2. The highest BCUT2D eigenvalue weighted by Gasteiger charge is 2.40. The van der Waals surface area contributed by atoms with E-state index < -0.39 is 0 Å². The summed E-state index contributed by atoms with van der Waals surface area (Å²) in [7, 11) is 2.21. The number of hydrogen-bond donors (Lipinski definition) is 0. The molecule has 0 N–H and O–H groups in total. The Labute approximate surface area is 151 Å². The van der Waals surface area contributed by atoms with E-state index in [0.29, 0.717) is 23.7 Å². The predicted octanol–water partition coefficient (Wildman–Crippen LogP) is 3.21. The SMILES string of the molecule is CN1CCC[C@@H]1[C@@H]1CCCN1C(=O)c1cc(C2CC2)n(C(C)(C)C)n1. The van der Waals surface area contributed by atoms with Crippen LogP contribution in [0.2, 0.25) is 0 Å². The lowest BCUT2D eigenvalue weighted by Gasteiger charge is -2.32. The van der Waals surface area contributed by atoms with Crippen molar-refractivity contribution < 1.29 is 4.79 Å². The second-order valence-electron chi connectivity index (χ2n) is 9.21. The molecule has 3 fully saturated rings. The Morgan fingerprint density at radius 1 is 1.08 bits per heavy atom. The summed E-state index contributed by atoms with van der Waals surface area (Å²) in [5.74, 6) is 0.747. The van der Waals surface area contributed by atoms with Crippen LogP contribution in [0.3, 0.4) is 0 Å². The molecule has 0 aromatic carbocycles. The third kappa shape index (κ3) is 3.12. The molecular formula is C20H32N4O. The normalized spacial score (nSPS) is 28.1. The smallest absolute Gasteiger partial charge is 0.274 e. The molecule has 0 bridgehead atoms. The Kier molecular flexibility index (Phi) is 4.18. The van der Waals surface area contributed by atoms with E-state index >= 15 is 0 Å². The van der Waals surface area contributed by atoms with Crippen LogP contribution in [0, 0.1) is 0 Å². The van der Waals surface area contributed by atoms with Gasteiger partial charge in [0, 0.05) is 30.2 Å². The van der Waals surface area contributed by atoms with Gasteiger partial charge in [-0.3, -0.25) is 9.48 Å². The largest absolute Gasteiger partial charge is 0.333 e. The van der Waals surface area contributed by atoms with E-state index in [1.807, 2.05) is 0 Å². The van der Waals surface area contributed by atoms with Gasteiger partial charge in [0.05, 0.1) is 5.54 Å². The molecule has 1 amide bonds. The zero-order valence-electron chi connectivity index (χ0n) is 16.2. The molecular weight excluding hydrogens is 312 g/mol. The van der Waals surface area contributed by atoms with Crippen LogP contribution in [0.15, 0.2) is 6.07 Å². The van der Waals surface area contributed by atoms with Crippen LogP contribution in [0.5, 0.6) is 0 Å². The van der Waals surface area contributed by atoms with Crippen LogP contribution in [-0.2, 0) is 5.54 Å². The molecule has 1 aromatic heterocycles. The molecule has 4 rings (SSSR count). The lowest BCUT2D eigenvalue weighted by atomic mass is 10.0. The molecule has 0 radical (unpaired) electrons. The Balaban J connectivity index is 1.60. The van der Waals surface area contributed by atoms with E-state index in [1.165, 1.54) is 31.4 Å². The first-order chi connectivity index (χ1) is 11.9. The lowest BCUT2D eigenvalue weighted by molar-refractivity contribution is 0.0657. The van der Waals surface area contributed by atoms with Gasteiger partial charge < -0.3 is 9.80 Å². The van der Waals surface area contributed by atoms with Crippen molar-refractivity contribution in [2.45, 2.75) is 82.8 Å². The van der Waals surface area contributed by atoms with Crippen molar-refractivity contribution in [2.75, 3.05) is 20.1 Å². The molecule has 3 aliphatic rings. The molecule has 5 heteroatoms. The zero-order chi connectivity index (χ0) is 17.8. The number of carbonyl (C=O) groups is 1. The molecule has 2 saturated heterocycles. The van der Waals surface area contributed by atoms with Gasteiger partial charge in [0.25, 0.3) is 5.91 Å². The average Bonchev–Trinajstić information content (AvgIpc) is 2.98. The summed E-state index contributed by atoms with van der Waals surface area (Å²) >= 11 is 0. The summed E-state index contributed by atoms with van der Waals surface area (Å²) in [4.78, 5) is 17.9. The van der Waals surface area contributed by atoms with Crippen molar-refractivity contribution in [3.63, 3.8) is 0 Å². The van der Waals surface area contributed by atoms with Gasteiger partial charge in [-0.15, -0.1) is 0 Å². The van der Waals surface area contributed by atoms with Crippen LogP contribution >= 0.6 is 0 Å². The van der Waals surface area contributed by atoms with Crippen molar-refractivity contribution >= 4 is 5.91 Å². The molecule has 2 atom stereocenters. The summed E-state index contributed by atoms with van der Waals surface area (Å²) in [6, 6.07) is 2.97. The van der Waals surface area contributed by atoms with E-state index in [-0.39, 0.29) is 11.4 Å². The number of rotatable bonds is 3. The molecule has 5 nitrogen and oxygen atoms in total. The minimum atomic E-state index is -0.0769. The summed E-state index contributed by atoms with van der Waals surface area (Å²) in [5.41, 5.74) is 1.83. The van der Waals surface area contributed by atoms with Gasteiger partial charge >= 0.3 is 0 Å². The minimum absolute atomic E-state index is 0.0769. The van der Waals surface area contributed by atoms with Gasteiger partial charge in [-0.2, -0.15) is 5.10 Å². The van der Waals surface area contributed by atoms with Crippen molar-refractivity contribution in [1.29, 1.82) is 0 Å². The van der Waals surface area contributed by atoms with Crippen LogP contribution in [0.25, 0.3) is 0 Å². The fourth-order valence-electron chi connectivity index (χ4n) is 4.72. The summed E-state index contributed by atoms with van der Waals surface area (Å²) < 4.78 is 2.10. The number of likely N-dealkylation sites (N-methyl/N-ethyl adjacent to an activating group) is 1. The van der Waals surface area contributed by atoms with Crippen molar-refractivity contribution in [2.24, 2.45) is 0 Å². The monoisotopic (exact) mass is 344 g/mol. The van der Waals surface area contributed by atoms with Crippen molar-refractivity contribution in [1.82, 2.24) is 19.6 Å². The molecule has 0 spiro atoms. The molecule has 25 heavy (non-hydrogen) atoms. The third-order valence-electron chi connectivity index (χ3n) is 6.17. The molecule has 3 heterocycles. The second kappa shape index (κ2) is 6.11. The summed E-state index contributed by atoms with van der Waals surface area (Å²) in [6.45, 7) is 8.56. The molecule has 1 aliphatic carbocycles. The first-order valence-corrected chi connectivity index (χ1v) is 9.98. The van der Waals surface area contributed by atoms with Crippen LogP contribution in [-0.4, -0.2) is 57.7 Å². The third-order valence-corrected chi connectivity index (χ3v) is 6.17. The average molecular weight is 345 g/mol. The standard InChI is InChI=1S/C20H32N4O/c1-20(2,3)24-18(14-9-10-14)13-15(21-24)19(25)23-12-6-8-17(23)16-7-5-11-22(16)4/h13-14,16-17H,5-12H2,1-4H3/t16-,17+/m1/s1. The first kappa shape index (κ1) is 17.1. The Morgan fingerprint density at radius 3 is 2.36 bits per heavy atom. The maximum atomic E-state index is 13.3. The van der Waals surface area contributed by atoms with E-state index in [1.54, 1.807) is 0 Å². The number of aromatic nitrogens is 2. The molecule has 138 valence electrons.